The second kappa shape index (κ2) is 9.19. The number of guanidine groups is 1. The highest BCUT2D eigenvalue weighted by atomic mass is 16.5. The molecule has 21 heavy (non-hydrogen) atoms. The van der Waals surface area contributed by atoms with E-state index in [4.69, 9.17) is 10.5 Å². The molecule has 0 aliphatic carbocycles. The molecule has 4 nitrogen and oxygen atoms in total. The Morgan fingerprint density at radius 1 is 1.38 bits per heavy atom. The van der Waals surface area contributed by atoms with E-state index in [2.05, 4.69) is 42.9 Å². The predicted octanol–water partition coefficient (Wildman–Crippen LogP) is 3.52. The average molecular weight is 289 g/mol. The van der Waals surface area contributed by atoms with Gasteiger partial charge in [0.15, 0.2) is 5.96 Å². The van der Waals surface area contributed by atoms with Gasteiger partial charge in [-0.2, -0.15) is 0 Å². The summed E-state index contributed by atoms with van der Waals surface area (Å²) >= 11 is 0. The minimum absolute atomic E-state index is 0.408. The van der Waals surface area contributed by atoms with Gasteiger partial charge in [0.05, 0.1) is 19.8 Å². The molecule has 0 saturated heterocycles. The molecule has 0 aliphatic rings. The molecule has 3 N–H and O–H groups in total. The molecule has 1 unspecified atom stereocenters. The summed E-state index contributed by atoms with van der Waals surface area (Å²) in [5.74, 6) is 0.987. The van der Waals surface area contributed by atoms with Gasteiger partial charge in [0, 0.05) is 5.69 Å². The molecule has 0 aromatic heterocycles. The van der Waals surface area contributed by atoms with Gasteiger partial charge in [0.1, 0.15) is 0 Å². The van der Waals surface area contributed by atoms with Crippen LogP contribution in [0.15, 0.2) is 41.4 Å². The van der Waals surface area contributed by atoms with Crippen LogP contribution in [0.3, 0.4) is 0 Å². The van der Waals surface area contributed by atoms with E-state index in [0.717, 1.165) is 17.7 Å². The van der Waals surface area contributed by atoms with Gasteiger partial charge < -0.3 is 15.8 Å². The van der Waals surface area contributed by atoms with Crippen molar-refractivity contribution < 1.29 is 4.74 Å². The highest BCUT2D eigenvalue weighted by molar-refractivity contribution is 5.92. The molecule has 1 aromatic carbocycles. The zero-order valence-electron chi connectivity index (χ0n) is 13.4. The smallest absolute Gasteiger partial charge is 0.193 e. The number of nitrogens with one attached hydrogen (secondary N) is 1. The summed E-state index contributed by atoms with van der Waals surface area (Å²) in [6.07, 6.45) is 1.14. The Morgan fingerprint density at radius 2 is 2.05 bits per heavy atom. The number of aliphatic imine (C=N–C) groups is 1. The van der Waals surface area contributed by atoms with Gasteiger partial charge in [-0.3, -0.25) is 4.99 Å². The van der Waals surface area contributed by atoms with E-state index in [1.165, 1.54) is 5.56 Å². The molecule has 1 atom stereocenters. The van der Waals surface area contributed by atoms with Crippen molar-refractivity contribution in [3.05, 3.63) is 42.0 Å². The van der Waals surface area contributed by atoms with Gasteiger partial charge >= 0.3 is 0 Å². The van der Waals surface area contributed by atoms with Crippen LogP contribution in [-0.4, -0.2) is 25.7 Å². The van der Waals surface area contributed by atoms with E-state index < -0.39 is 0 Å². The van der Waals surface area contributed by atoms with Crippen molar-refractivity contribution in [2.24, 2.45) is 10.7 Å². The Labute approximate surface area is 128 Å². The quantitative estimate of drug-likeness (QED) is 0.333. The number of benzene rings is 1. The van der Waals surface area contributed by atoms with Gasteiger partial charge in [-0.25, -0.2) is 0 Å². The molecule has 0 saturated carbocycles. The molecular formula is C17H27N3O. The SMILES string of the molecule is C=C(C)COCCN=C(N)Nc1ccc(C(C)CC)cc1. The first-order valence-electron chi connectivity index (χ1n) is 7.42. The van der Waals surface area contributed by atoms with E-state index in [9.17, 15) is 0 Å². The molecule has 1 aromatic rings. The zero-order chi connectivity index (χ0) is 15.7. The van der Waals surface area contributed by atoms with Crippen molar-refractivity contribution >= 4 is 11.6 Å². The minimum atomic E-state index is 0.408. The fourth-order valence-corrected chi connectivity index (χ4v) is 1.80. The first kappa shape index (κ1) is 17.2. The van der Waals surface area contributed by atoms with E-state index >= 15 is 0 Å². The molecule has 0 aliphatic heterocycles. The molecule has 0 amide bonds. The number of hydrogen-bond acceptors (Lipinski definition) is 2. The van der Waals surface area contributed by atoms with Crippen LogP contribution >= 0.6 is 0 Å². The second-order valence-corrected chi connectivity index (χ2v) is 5.33. The number of hydrogen-bond donors (Lipinski definition) is 2. The Morgan fingerprint density at radius 3 is 2.62 bits per heavy atom. The molecule has 0 heterocycles. The van der Waals surface area contributed by atoms with Crippen LogP contribution in [0, 0.1) is 0 Å². The van der Waals surface area contributed by atoms with Gasteiger partial charge in [0.2, 0.25) is 0 Å². The molecule has 0 fully saturated rings. The Balaban J connectivity index is 2.39. The third-order valence-corrected chi connectivity index (χ3v) is 3.23. The minimum Gasteiger partial charge on any atom is -0.375 e. The zero-order valence-corrected chi connectivity index (χ0v) is 13.4. The molecular weight excluding hydrogens is 262 g/mol. The first-order chi connectivity index (χ1) is 10.0. The fourth-order valence-electron chi connectivity index (χ4n) is 1.80. The summed E-state index contributed by atoms with van der Waals surface area (Å²) in [6.45, 7) is 11.8. The summed E-state index contributed by atoms with van der Waals surface area (Å²) in [4.78, 5) is 4.22. The number of rotatable bonds is 8. The van der Waals surface area contributed by atoms with Crippen LogP contribution in [-0.2, 0) is 4.74 Å². The number of nitrogens with two attached hydrogens (primary N) is 1. The van der Waals surface area contributed by atoms with Crippen LogP contribution in [0.4, 0.5) is 5.69 Å². The maximum atomic E-state index is 5.84. The maximum absolute atomic E-state index is 5.84. The van der Waals surface area contributed by atoms with E-state index in [0.29, 0.717) is 31.6 Å². The van der Waals surface area contributed by atoms with Gasteiger partial charge in [-0.15, -0.1) is 0 Å². The van der Waals surface area contributed by atoms with Gasteiger partial charge in [0.25, 0.3) is 0 Å². The van der Waals surface area contributed by atoms with E-state index in [-0.39, 0.29) is 0 Å². The van der Waals surface area contributed by atoms with Gasteiger partial charge in [-0.05, 0) is 37.0 Å². The predicted molar refractivity (Wildman–Crippen MR) is 90.9 cm³/mol. The largest absolute Gasteiger partial charge is 0.375 e. The van der Waals surface area contributed by atoms with Crippen molar-refractivity contribution in [2.45, 2.75) is 33.1 Å². The molecule has 0 spiro atoms. The van der Waals surface area contributed by atoms with Crippen LogP contribution in [0.5, 0.6) is 0 Å². The van der Waals surface area contributed by atoms with E-state index in [1.807, 2.05) is 19.1 Å². The lowest BCUT2D eigenvalue weighted by Gasteiger charge is -2.10. The monoisotopic (exact) mass is 289 g/mol. The molecule has 0 bridgehead atoms. The third-order valence-electron chi connectivity index (χ3n) is 3.23. The van der Waals surface area contributed by atoms with Crippen LogP contribution in [0.25, 0.3) is 0 Å². The van der Waals surface area contributed by atoms with Crippen molar-refractivity contribution in [3.8, 4) is 0 Å². The highest BCUT2D eigenvalue weighted by Gasteiger charge is 2.02. The topological polar surface area (TPSA) is 59.6 Å². The number of anilines is 1. The molecule has 116 valence electrons. The Hall–Kier alpha value is -1.81. The Kier molecular flexibility index (Phi) is 7.54. The lowest BCUT2D eigenvalue weighted by Crippen LogP contribution is -2.23. The average Bonchev–Trinajstić information content (AvgIpc) is 2.46. The summed E-state index contributed by atoms with van der Waals surface area (Å²) in [5, 5.41) is 3.08. The van der Waals surface area contributed by atoms with Crippen LogP contribution < -0.4 is 11.1 Å². The number of nitrogens with zero attached hydrogens (tertiary/aromatic N) is 1. The van der Waals surface area contributed by atoms with Gasteiger partial charge in [-0.1, -0.05) is 38.1 Å². The fraction of sp³-hybridized carbons (Fsp3) is 0.471. The lowest BCUT2D eigenvalue weighted by atomic mass is 9.99. The maximum Gasteiger partial charge on any atom is 0.193 e. The van der Waals surface area contributed by atoms with Crippen LogP contribution in [0.2, 0.25) is 0 Å². The summed E-state index contributed by atoms with van der Waals surface area (Å²) in [7, 11) is 0. The Bertz CT molecular complexity index is 465. The summed E-state index contributed by atoms with van der Waals surface area (Å²) in [5.41, 5.74) is 9.13. The molecule has 0 radical (unpaired) electrons. The normalized spacial score (nSPS) is 13.0. The number of ether oxygens (including phenoxy) is 1. The summed E-state index contributed by atoms with van der Waals surface area (Å²) in [6, 6.07) is 8.31. The first-order valence-corrected chi connectivity index (χ1v) is 7.42. The second-order valence-electron chi connectivity index (χ2n) is 5.33. The molecule has 1 rings (SSSR count). The lowest BCUT2D eigenvalue weighted by molar-refractivity contribution is 0.165. The van der Waals surface area contributed by atoms with Crippen molar-refractivity contribution in [1.82, 2.24) is 0 Å². The standard InChI is InChI=1S/C17H27N3O/c1-5-14(4)15-6-8-16(9-7-15)20-17(18)19-10-11-21-12-13(2)3/h6-9,14H,2,5,10-12H2,1,3-4H3,(H3,18,19,20). The van der Waals surface area contributed by atoms with Crippen molar-refractivity contribution in [3.63, 3.8) is 0 Å². The summed E-state index contributed by atoms with van der Waals surface area (Å²) < 4.78 is 5.36. The van der Waals surface area contributed by atoms with Crippen molar-refractivity contribution in [2.75, 3.05) is 25.1 Å². The third kappa shape index (κ3) is 6.95. The van der Waals surface area contributed by atoms with Crippen LogP contribution in [0.1, 0.15) is 38.7 Å². The molecule has 4 heteroatoms. The van der Waals surface area contributed by atoms with E-state index in [1.54, 1.807) is 0 Å². The van der Waals surface area contributed by atoms with Crippen molar-refractivity contribution in [1.29, 1.82) is 0 Å². The highest BCUT2D eigenvalue weighted by Crippen LogP contribution is 2.20.